The van der Waals surface area contributed by atoms with Gasteiger partial charge < -0.3 is 29.2 Å². The van der Waals surface area contributed by atoms with Gasteiger partial charge in [0.1, 0.15) is 0 Å². The Balaban J connectivity index is 1.48. The SMILES string of the molecule is C=C(CO)C(=O)OCOc1ccc(-c2ccc(-c3ccc(C4CCC(CCCCC)CC4)cc3)c(CC)c2)cc1OCOC(=O)C(C)CO. The van der Waals surface area contributed by atoms with Gasteiger partial charge in [0.05, 0.1) is 24.7 Å². The third kappa shape index (κ3) is 10.7. The Hall–Kier alpha value is -4.14. The van der Waals surface area contributed by atoms with Crippen LogP contribution in [0, 0.1) is 11.8 Å². The fourth-order valence-corrected chi connectivity index (χ4v) is 6.35. The molecule has 0 spiro atoms. The second-order valence-corrected chi connectivity index (χ2v) is 13.0. The van der Waals surface area contributed by atoms with Crippen molar-refractivity contribution in [1.82, 2.24) is 0 Å². The first-order valence-electron chi connectivity index (χ1n) is 17.6. The molecular weight excluding hydrogens is 620 g/mol. The number of aliphatic hydroxyl groups excluding tert-OH is 2. The summed E-state index contributed by atoms with van der Waals surface area (Å²) in [5.41, 5.74) is 6.79. The Bertz CT molecular complexity index is 1520. The lowest BCUT2D eigenvalue weighted by Crippen LogP contribution is -2.20. The van der Waals surface area contributed by atoms with E-state index in [2.05, 4.69) is 62.9 Å². The summed E-state index contributed by atoms with van der Waals surface area (Å²) in [5, 5.41) is 18.3. The smallest absolute Gasteiger partial charge is 0.338 e. The van der Waals surface area contributed by atoms with E-state index in [1.54, 1.807) is 19.1 Å². The molecule has 49 heavy (non-hydrogen) atoms. The molecule has 0 bridgehead atoms. The first-order chi connectivity index (χ1) is 23.8. The maximum Gasteiger partial charge on any atom is 0.338 e. The van der Waals surface area contributed by atoms with E-state index in [0.29, 0.717) is 5.92 Å². The Morgan fingerprint density at radius 2 is 1.47 bits per heavy atom. The number of benzene rings is 3. The average molecular weight is 673 g/mol. The van der Waals surface area contributed by atoms with Crippen LogP contribution in [0.2, 0.25) is 0 Å². The molecule has 0 aliphatic heterocycles. The fraction of sp³-hybridized carbons (Fsp3) is 0.463. The van der Waals surface area contributed by atoms with Gasteiger partial charge in [-0.15, -0.1) is 0 Å². The number of ether oxygens (including phenoxy) is 4. The zero-order chi connectivity index (χ0) is 35.2. The predicted molar refractivity (Wildman–Crippen MR) is 191 cm³/mol. The highest BCUT2D eigenvalue weighted by atomic mass is 16.7. The van der Waals surface area contributed by atoms with Gasteiger partial charge in [0.25, 0.3) is 0 Å². The van der Waals surface area contributed by atoms with E-state index in [-0.39, 0.29) is 23.7 Å². The number of rotatable bonds is 18. The minimum atomic E-state index is -0.782. The first kappa shape index (κ1) is 37.7. The lowest BCUT2D eigenvalue weighted by molar-refractivity contribution is -0.156. The summed E-state index contributed by atoms with van der Waals surface area (Å²) in [7, 11) is 0. The largest absolute Gasteiger partial charge is 0.453 e. The summed E-state index contributed by atoms with van der Waals surface area (Å²) in [6, 6.07) is 20.9. The summed E-state index contributed by atoms with van der Waals surface area (Å²) in [5.74, 6) is 0.0184. The van der Waals surface area contributed by atoms with Crippen LogP contribution in [-0.2, 0) is 25.5 Å². The molecule has 8 heteroatoms. The van der Waals surface area contributed by atoms with Crippen LogP contribution < -0.4 is 9.47 Å². The first-order valence-corrected chi connectivity index (χ1v) is 17.6. The van der Waals surface area contributed by atoms with E-state index < -0.39 is 38.0 Å². The van der Waals surface area contributed by atoms with Crippen LogP contribution in [0.5, 0.6) is 11.5 Å². The van der Waals surface area contributed by atoms with Crippen molar-refractivity contribution >= 4 is 11.9 Å². The van der Waals surface area contributed by atoms with Crippen LogP contribution >= 0.6 is 0 Å². The highest BCUT2D eigenvalue weighted by Crippen LogP contribution is 2.39. The molecule has 1 saturated carbocycles. The Kier molecular flexibility index (Phi) is 14.7. The van der Waals surface area contributed by atoms with Crippen LogP contribution in [0.15, 0.2) is 72.8 Å². The molecule has 3 aromatic carbocycles. The lowest BCUT2D eigenvalue weighted by Gasteiger charge is -2.29. The van der Waals surface area contributed by atoms with Gasteiger partial charge in [-0.1, -0.05) is 94.6 Å². The van der Waals surface area contributed by atoms with Crippen molar-refractivity contribution < 1.29 is 38.7 Å². The predicted octanol–water partition coefficient (Wildman–Crippen LogP) is 8.37. The second-order valence-electron chi connectivity index (χ2n) is 13.0. The highest BCUT2D eigenvalue weighted by Gasteiger charge is 2.22. The van der Waals surface area contributed by atoms with Gasteiger partial charge in [0, 0.05) is 0 Å². The molecule has 1 aliphatic carbocycles. The minimum absolute atomic E-state index is 0.0955. The molecule has 0 amide bonds. The standard InChI is InChI=1S/C41H52O8/c1-5-7-8-9-30-10-12-32(13-11-30)33-14-16-34(17-15-33)37-20-18-35(22-31(37)6-2)36-19-21-38(46-26-48-40(44)28(3)24-42)39(23-36)47-27-49-41(45)29(4)25-43/h14-23,29-30,32,42-43H,3,5-13,24-27H2,1-2,4H3. The molecule has 0 radical (unpaired) electrons. The third-order valence-corrected chi connectivity index (χ3v) is 9.49. The number of hydrogen-bond acceptors (Lipinski definition) is 8. The normalized spacial score (nSPS) is 16.4. The number of aryl methyl sites for hydroxylation is 1. The van der Waals surface area contributed by atoms with Crippen molar-refractivity contribution in [3.8, 4) is 33.8 Å². The van der Waals surface area contributed by atoms with E-state index in [0.717, 1.165) is 23.5 Å². The summed E-state index contributed by atoms with van der Waals surface area (Å²) < 4.78 is 21.6. The van der Waals surface area contributed by atoms with Gasteiger partial charge in [-0.25, -0.2) is 4.79 Å². The van der Waals surface area contributed by atoms with Crippen LogP contribution in [0.3, 0.4) is 0 Å². The van der Waals surface area contributed by atoms with Crippen molar-refractivity contribution in [3.05, 3.63) is 83.9 Å². The number of aliphatic hydroxyl groups is 2. The van der Waals surface area contributed by atoms with Crippen LogP contribution in [0.4, 0.5) is 0 Å². The van der Waals surface area contributed by atoms with Crippen LogP contribution in [0.25, 0.3) is 22.3 Å². The molecule has 264 valence electrons. The van der Waals surface area contributed by atoms with Gasteiger partial charge in [0.2, 0.25) is 13.6 Å². The summed E-state index contributed by atoms with van der Waals surface area (Å²) in [6.07, 6.45) is 11.5. The molecule has 1 unspecified atom stereocenters. The number of unbranched alkanes of at least 4 members (excludes halogenated alkanes) is 2. The quantitative estimate of drug-likeness (QED) is 0.0600. The molecule has 1 atom stereocenters. The molecular formula is C41H52O8. The lowest BCUT2D eigenvalue weighted by atomic mass is 9.77. The zero-order valence-corrected chi connectivity index (χ0v) is 29.2. The number of hydrogen-bond donors (Lipinski definition) is 2. The van der Waals surface area contributed by atoms with Crippen LogP contribution in [0.1, 0.15) is 89.2 Å². The maximum atomic E-state index is 12.1. The Morgan fingerprint density at radius 3 is 2.14 bits per heavy atom. The molecule has 1 aliphatic rings. The van der Waals surface area contributed by atoms with Gasteiger partial charge in [-0.2, -0.15) is 0 Å². The summed E-state index contributed by atoms with van der Waals surface area (Å²) in [4.78, 5) is 24.0. The fourth-order valence-electron chi connectivity index (χ4n) is 6.35. The minimum Gasteiger partial charge on any atom is -0.453 e. The Labute approximate surface area is 291 Å². The van der Waals surface area contributed by atoms with Crippen molar-refractivity contribution in [3.63, 3.8) is 0 Å². The van der Waals surface area contributed by atoms with Gasteiger partial charge >= 0.3 is 11.9 Å². The van der Waals surface area contributed by atoms with Crippen molar-refractivity contribution in [1.29, 1.82) is 0 Å². The van der Waals surface area contributed by atoms with E-state index >= 15 is 0 Å². The second kappa shape index (κ2) is 19.2. The average Bonchev–Trinajstić information content (AvgIpc) is 3.14. The van der Waals surface area contributed by atoms with E-state index in [1.165, 1.54) is 73.6 Å². The molecule has 1 fully saturated rings. The van der Waals surface area contributed by atoms with Crippen molar-refractivity contribution in [2.75, 3.05) is 26.8 Å². The zero-order valence-electron chi connectivity index (χ0n) is 29.2. The molecule has 4 rings (SSSR count). The summed E-state index contributed by atoms with van der Waals surface area (Å²) >= 11 is 0. The molecule has 0 aromatic heterocycles. The van der Waals surface area contributed by atoms with E-state index in [1.807, 2.05) is 6.07 Å². The van der Waals surface area contributed by atoms with Gasteiger partial charge in [-0.3, -0.25) is 4.79 Å². The number of carbonyl (C=O) groups excluding carboxylic acids is 2. The van der Waals surface area contributed by atoms with Gasteiger partial charge in [0.15, 0.2) is 11.5 Å². The highest BCUT2D eigenvalue weighted by molar-refractivity contribution is 5.87. The number of esters is 2. The van der Waals surface area contributed by atoms with Gasteiger partial charge in [-0.05, 0) is 96.4 Å². The molecule has 8 nitrogen and oxygen atoms in total. The monoisotopic (exact) mass is 672 g/mol. The number of carbonyl (C=O) groups is 2. The topological polar surface area (TPSA) is 112 Å². The molecule has 2 N–H and O–H groups in total. The molecule has 0 saturated heterocycles. The van der Waals surface area contributed by atoms with Crippen molar-refractivity contribution in [2.24, 2.45) is 11.8 Å². The van der Waals surface area contributed by atoms with Crippen molar-refractivity contribution in [2.45, 2.75) is 84.5 Å². The molecule has 0 heterocycles. The Morgan fingerprint density at radius 1 is 0.816 bits per heavy atom. The third-order valence-electron chi connectivity index (χ3n) is 9.49. The van der Waals surface area contributed by atoms with Crippen LogP contribution in [-0.4, -0.2) is 49.0 Å². The van der Waals surface area contributed by atoms with E-state index in [4.69, 9.17) is 24.1 Å². The van der Waals surface area contributed by atoms with E-state index in [9.17, 15) is 14.7 Å². The maximum absolute atomic E-state index is 12.1. The molecule has 3 aromatic rings. The summed E-state index contributed by atoms with van der Waals surface area (Å²) in [6.45, 7) is 7.71.